The Balaban J connectivity index is 2.32. The molecule has 98 valence electrons. The molecule has 0 saturated heterocycles. The van der Waals surface area contributed by atoms with Gasteiger partial charge < -0.3 is 4.74 Å². The van der Waals surface area contributed by atoms with Gasteiger partial charge in [0.05, 0.1) is 12.3 Å². The highest BCUT2D eigenvalue weighted by Gasteiger charge is 2.13. The number of ketones is 1. The lowest BCUT2D eigenvalue weighted by molar-refractivity contribution is 0.103. The third kappa shape index (κ3) is 3.16. The Hall–Kier alpha value is -2.23. The van der Waals surface area contributed by atoms with E-state index in [0.29, 0.717) is 22.6 Å². The van der Waals surface area contributed by atoms with Crippen molar-refractivity contribution >= 4 is 5.78 Å². The van der Waals surface area contributed by atoms with Crippen LogP contribution in [0, 0.1) is 6.92 Å². The van der Waals surface area contributed by atoms with Crippen molar-refractivity contribution in [3.63, 3.8) is 0 Å². The summed E-state index contributed by atoms with van der Waals surface area (Å²) in [6, 6.07) is 5.23. The van der Waals surface area contributed by atoms with Crippen LogP contribution in [-0.4, -0.2) is 21.9 Å². The first-order valence-electron chi connectivity index (χ1n) is 6.16. The SMILES string of the molecule is Cc1ncccc1C(=O)c1cncc(OC(C)C)c1. The normalized spacial score (nSPS) is 10.5. The van der Waals surface area contributed by atoms with E-state index in [1.807, 2.05) is 20.8 Å². The molecular weight excluding hydrogens is 240 g/mol. The van der Waals surface area contributed by atoms with Gasteiger partial charge in [0.15, 0.2) is 5.78 Å². The number of ether oxygens (including phenoxy) is 1. The molecule has 0 bridgehead atoms. The average Bonchev–Trinajstić information content (AvgIpc) is 2.38. The highest BCUT2D eigenvalue weighted by atomic mass is 16.5. The van der Waals surface area contributed by atoms with Gasteiger partial charge in [-0.05, 0) is 39.0 Å². The van der Waals surface area contributed by atoms with E-state index in [1.54, 1.807) is 36.8 Å². The molecule has 4 heteroatoms. The number of aromatic nitrogens is 2. The van der Waals surface area contributed by atoms with Gasteiger partial charge in [-0.25, -0.2) is 0 Å². The first kappa shape index (κ1) is 13.2. The molecule has 2 rings (SSSR count). The summed E-state index contributed by atoms with van der Waals surface area (Å²) in [5.41, 5.74) is 1.81. The first-order valence-corrected chi connectivity index (χ1v) is 6.16. The molecule has 0 spiro atoms. The van der Waals surface area contributed by atoms with Crippen LogP contribution in [-0.2, 0) is 0 Å². The molecule has 2 heterocycles. The van der Waals surface area contributed by atoms with E-state index >= 15 is 0 Å². The van der Waals surface area contributed by atoms with Gasteiger partial charge in [-0.1, -0.05) is 0 Å². The van der Waals surface area contributed by atoms with Gasteiger partial charge in [-0.15, -0.1) is 0 Å². The van der Waals surface area contributed by atoms with E-state index in [1.165, 1.54) is 0 Å². The summed E-state index contributed by atoms with van der Waals surface area (Å²) in [7, 11) is 0. The van der Waals surface area contributed by atoms with E-state index in [0.717, 1.165) is 0 Å². The molecule has 0 aromatic carbocycles. The summed E-state index contributed by atoms with van der Waals surface area (Å²) in [4.78, 5) is 20.5. The Labute approximate surface area is 112 Å². The van der Waals surface area contributed by atoms with Crippen molar-refractivity contribution in [3.05, 3.63) is 53.6 Å². The minimum atomic E-state index is -0.0905. The Morgan fingerprint density at radius 3 is 2.79 bits per heavy atom. The Morgan fingerprint density at radius 2 is 2.11 bits per heavy atom. The number of pyridine rings is 2. The zero-order valence-corrected chi connectivity index (χ0v) is 11.3. The molecule has 0 amide bonds. The second-order valence-electron chi connectivity index (χ2n) is 4.54. The van der Waals surface area contributed by atoms with Crippen molar-refractivity contribution < 1.29 is 9.53 Å². The van der Waals surface area contributed by atoms with Crippen LogP contribution in [0.5, 0.6) is 5.75 Å². The maximum absolute atomic E-state index is 12.4. The largest absolute Gasteiger partial charge is 0.489 e. The van der Waals surface area contributed by atoms with Crippen LogP contribution in [0.25, 0.3) is 0 Å². The summed E-state index contributed by atoms with van der Waals surface area (Å²) < 4.78 is 5.54. The Morgan fingerprint density at radius 1 is 1.32 bits per heavy atom. The Kier molecular flexibility index (Phi) is 3.90. The van der Waals surface area contributed by atoms with Crippen molar-refractivity contribution in [2.75, 3.05) is 0 Å². The minimum Gasteiger partial charge on any atom is -0.489 e. The quantitative estimate of drug-likeness (QED) is 0.789. The van der Waals surface area contributed by atoms with Gasteiger partial charge in [0.2, 0.25) is 0 Å². The number of carbonyl (C=O) groups excluding carboxylic acids is 1. The molecule has 0 atom stereocenters. The molecule has 4 nitrogen and oxygen atoms in total. The predicted molar refractivity (Wildman–Crippen MR) is 72.4 cm³/mol. The summed E-state index contributed by atoms with van der Waals surface area (Å²) in [6.45, 7) is 5.68. The number of carbonyl (C=O) groups is 1. The van der Waals surface area contributed by atoms with Crippen LogP contribution in [0.1, 0.15) is 35.5 Å². The van der Waals surface area contributed by atoms with Gasteiger partial charge in [0.25, 0.3) is 0 Å². The lowest BCUT2D eigenvalue weighted by Crippen LogP contribution is -2.08. The standard InChI is InChI=1S/C15H16N2O2/c1-10(2)19-13-7-12(8-16-9-13)15(18)14-5-4-6-17-11(14)3/h4-10H,1-3H3. The molecule has 0 aliphatic carbocycles. The molecule has 0 radical (unpaired) electrons. The molecule has 0 aliphatic heterocycles. The lowest BCUT2D eigenvalue weighted by Gasteiger charge is -2.10. The number of nitrogens with zero attached hydrogens (tertiary/aromatic N) is 2. The van der Waals surface area contributed by atoms with Crippen molar-refractivity contribution in [1.82, 2.24) is 9.97 Å². The molecule has 0 N–H and O–H groups in total. The zero-order valence-electron chi connectivity index (χ0n) is 11.3. The third-order valence-corrected chi connectivity index (χ3v) is 2.60. The fourth-order valence-corrected chi connectivity index (χ4v) is 1.76. The van der Waals surface area contributed by atoms with Crippen LogP contribution in [0.15, 0.2) is 36.8 Å². The molecule has 0 unspecified atom stereocenters. The first-order chi connectivity index (χ1) is 9.08. The van der Waals surface area contributed by atoms with Gasteiger partial charge in [-0.2, -0.15) is 0 Å². The number of hydrogen-bond donors (Lipinski definition) is 0. The van der Waals surface area contributed by atoms with Gasteiger partial charge in [0.1, 0.15) is 5.75 Å². The maximum atomic E-state index is 12.4. The van der Waals surface area contributed by atoms with Crippen molar-refractivity contribution in [1.29, 1.82) is 0 Å². The second kappa shape index (κ2) is 5.61. The fourth-order valence-electron chi connectivity index (χ4n) is 1.76. The highest BCUT2D eigenvalue weighted by molar-refractivity contribution is 6.09. The third-order valence-electron chi connectivity index (χ3n) is 2.60. The predicted octanol–water partition coefficient (Wildman–Crippen LogP) is 2.80. The zero-order chi connectivity index (χ0) is 13.8. The number of hydrogen-bond acceptors (Lipinski definition) is 4. The Bertz CT molecular complexity index is 594. The van der Waals surface area contributed by atoms with E-state index in [4.69, 9.17) is 4.74 Å². The van der Waals surface area contributed by atoms with Crippen LogP contribution in [0.2, 0.25) is 0 Å². The fraction of sp³-hybridized carbons (Fsp3) is 0.267. The van der Waals surface area contributed by atoms with E-state index in [2.05, 4.69) is 9.97 Å². The smallest absolute Gasteiger partial charge is 0.196 e. The summed E-state index contributed by atoms with van der Waals surface area (Å²) in [5, 5.41) is 0. The van der Waals surface area contributed by atoms with Crippen LogP contribution >= 0.6 is 0 Å². The van der Waals surface area contributed by atoms with Crippen LogP contribution in [0.3, 0.4) is 0 Å². The highest BCUT2D eigenvalue weighted by Crippen LogP contribution is 2.17. The summed E-state index contributed by atoms with van der Waals surface area (Å²) in [5.74, 6) is 0.509. The topological polar surface area (TPSA) is 52.1 Å². The number of aryl methyl sites for hydroxylation is 1. The monoisotopic (exact) mass is 256 g/mol. The van der Waals surface area contributed by atoms with Crippen molar-refractivity contribution in [2.24, 2.45) is 0 Å². The van der Waals surface area contributed by atoms with E-state index < -0.39 is 0 Å². The van der Waals surface area contributed by atoms with Crippen LogP contribution < -0.4 is 4.74 Å². The molecule has 0 fully saturated rings. The molecule has 0 saturated carbocycles. The molecular formula is C15H16N2O2. The van der Waals surface area contributed by atoms with E-state index in [9.17, 15) is 4.79 Å². The summed E-state index contributed by atoms with van der Waals surface area (Å²) in [6.07, 6.45) is 4.87. The number of rotatable bonds is 4. The minimum absolute atomic E-state index is 0.0484. The van der Waals surface area contributed by atoms with Gasteiger partial charge >= 0.3 is 0 Å². The molecule has 0 aliphatic rings. The molecule has 2 aromatic heterocycles. The maximum Gasteiger partial charge on any atom is 0.196 e. The van der Waals surface area contributed by atoms with E-state index in [-0.39, 0.29) is 11.9 Å². The lowest BCUT2D eigenvalue weighted by atomic mass is 10.0. The van der Waals surface area contributed by atoms with Crippen LogP contribution in [0.4, 0.5) is 0 Å². The van der Waals surface area contributed by atoms with Gasteiger partial charge in [-0.3, -0.25) is 14.8 Å². The summed E-state index contributed by atoms with van der Waals surface area (Å²) >= 11 is 0. The van der Waals surface area contributed by atoms with Crippen molar-refractivity contribution in [3.8, 4) is 5.75 Å². The molecule has 19 heavy (non-hydrogen) atoms. The van der Waals surface area contributed by atoms with Crippen molar-refractivity contribution in [2.45, 2.75) is 26.9 Å². The average molecular weight is 256 g/mol. The van der Waals surface area contributed by atoms with Gasteiger partial charge in [0, 0.05) is 29.2 Å². The second-order valence-corrected chi connectivity index (χ2v) is 4.54. The molecule has 2 aromatic rings.